The van der Waals surface area contributed by atoms with Crippen molar-refractivity contribution in [2.24, 2.45) is 17.8 Å². The molecule has 0 heterocycles. The number of carboxylic acid groups (broad SMARTS) is 1. The van der Waals surface area contributed by atoms with E-state index in [2.05, 4.69) is 0 Å². The van der Waals surface area contributed by atoms with Crippen molar-refractivity contribution in [2.45, 2.75) is 25.4 Å². The normalized spacial score (nSPS) is 48.1. The molecule has 0 spiro atoms. The van der Waals surface area contributed by atoms with Gasteiger partial charge in [-0.05, 0) is 31.1 Å². The lowest BCUT2D eigenvalue weighted by Crippen LogP contribution is -2.22. The molecule has 11 heavy (non-hydrogen) atoms. The number of aliphatic hydroxyl groups is 1. The average molecular weight is 156 g/mol. The monoisotopic (exact) mass is 156 g/mol. The van der Waals surface area contributed by atoms with Crippen molar-refractivity contribution in [1.82, 2.24) is 0 Å². The first-order chi connectivity index (χ1) is 5.20. The Labute approximate surface area is 65.0 Å². The van der Waals surface area contributed by atoms with Gasteiger partial charge < -0.3 is 10.2 Å². The number of carbonyl (C=O) groups is 1. The summed E-state index contributed by atoms with van der Waals surface area (Å²) in [4.78, 5) is 10.7. The second kappa shape index (κ2) is 2.21. The first kappa shape index (κ1) is 7.10. The van der Waals surface area contributed by atoms with Crippen molar-refractivity contribution < 1.29 is 15.0 Å². The molecular formula is C8H12O3. The number of fused-ring (bicyclic) bond motifs is 2. The largest absolute Gasteiger partial charge is 0.481 e. The lowest BCUT2D eigenvalue weighted by atomic mass is 9.97. The molecule has 62 valence electrons. The van der Waals surface area contributed by atoms with Crippen LogP contribution in [0.4, 0.5) is 0 Å². The molecule has 0 aromatic carbocycles. The van der Waals surface area contributed by atoms with Gasteiger partial charge in [-0.3, -0.25) is 4.79 Å². The fraction of sp³-hybridized carbons (Fsp3) is 0.875. The molecule has 3 nitrogen and oxygen atoms in total. The van der Waals surface area contributed by atoms with Gasteiger partial charge >= 0.3 is 5.97 Å². The summed E-state index contributed by atoms with van der Waals surface area (Å²) in [5, 5.41) is 18.2. The standard InChI is InChI=1S/C8H12O3/c9-6-3-4-1-2-5(6)7(4)8(10)11/h4-7,9H,1-3H2,(H,10,11)/t4-,5+,6+,7+/m0/s1. The Hall–Kier alpha value is -0.570. The van der Waals surface area contributed by atoms with Crippen LogP contribution in [0.3, 0.4) is 0 Å². The molecule has 2 aliphatic rings. The van der Waals surface area contributed by atoms with Crippen LogP contribution in [-0.2, 0) is 4.79 Å². The summed E-state index contributed by atoms with van der Waals surface area (Å²) < 4.78 is 0. The van der Waals surface area contributed by atoms with Crippen molar-refractivity contribution in [2.75, 3.05) is 0 Å². The second-order valence-corrected chi connectivity index (χ2v) is 3.67. The van der Waals surface area contributed by atoms with E-state index in [1.165, 1.54) is 0 Å². The highest BCUT2D eigenvalue weighted by Gasteiger charge is 2.50. The van der Waals surface area contributed by atoms with E-state index in [4.69, 9.17) is 5.11 Å². The van der Waals surface area contributed by atoms with Crippen LogP contribution in [0.15, 0.2) is 0 Å². The van der Waals surface area contributed by atoms with E-state index in [0.717, 1.165) is 12.8 Å². The van der Waals surface area contributed by atoms with Gasteiger partial charge in [-0.25, -0.2) is 0 Å². The molecule has 0 radical (unpaired) electrons. The molecule has 2 saturated carbocycles. The van der Waals surface area contributed by atoms with Gasteiger partial charge in [-0.15, -0.1) is 0 Å². The fourth-order valence-electron chi connectivity index (χ4n) is 2.68. The maximum atomic E-state index is 10.7. The molecule has 4 atom stereocenters. The summed E-state index contributed by atoms with van der Waals surface area (Å²) >= 11 is 0. The van der Waals surface area contributed by atoms with Gasteiger partial charge in [-0.2, -0.15) is 0 Å². The van der Waals surface area contributed by atoms with E-state index in [1.54, 1.807) is 0 Å². The van der Waals surface area contributed by atoms with Gasteiger partial charge in [0.05, 0.1) is 12.0 Å². The van der Waals surface area contributed by atoms with Crippen LogP contribution in [0.2, 0.25) is 0 Å². The molecule has 2 N–H and O–H groups in total. The third kappa shape index (κ3) is 0.872. The highest BCUT2D eigenvalue weighted by atomic mass is 16.4. The molecule has 0 saturated heterocycles. The van der Waals surface area contributed by atoms with Gasteiger partial charge in [0.1, 0.15) is 0 Å². The Morgan fingerprint density at radius 2 is 2.09 bits per heavy atom. The predicted molar refractivity (Wildman–Crippen MR) is 38.0 cm³/mol. The van der Waals surface area contributed by atoms with Crippen molar-refractivity contribution in [3.05, 3.63) is 0 Å². The molecule has 2 rings (SSSR count). The van der Waals surface area contributed by atoms with Crippen molar-refractivity contribution in [3.63, 3.8) is 0 Å². The molecule has 2 aliphatic carbocycles. The van der Waals surface area contributed by atoms with Crippen LogP contribution in [0.1, 0.15) is 19.3 Å². The van der Waals surface area contributed by atoms with Crippen molar-refractivity contribution >= 4 is 5.97 Å². The summed E-state index contributed by atoms with van der Waals surface area (Å²) in [5.41, 5.74) is 0. The zero-order chi connectivity index (χ0) is 8.01. The highest BCUT2D eigenvalue weighted by molar-refractivity contribution is 5.71. The second-order valence-electron chi connectivity index (χ2n) is 3.67. The van der Waals surface area contributed by atoms with E-state index in [1.807, 2.05) is 0 Å². The number of aliphatic hydroxyl groups excluding tert-OH is 1. The average Bonchev–Trinajstić information content (AvgIpc) is 2.41. The molecule has 3 heteroatoms. The quantitative estimate of drug-likeness (QED) is 0.580. The van der Waals surface area contributed by atoms with E-state index >= 15 is 0 Å². The lowest BCUT2D eigenvalue weighted by Gasteiger charge is -2.14. The number of hydrogen-bond donors (Lipinski definition) is 2. The molecule has 0 aromatic rings. The van der Waals surface area contributed by atoms with Crippen LogP contribution >= 0.6 is 0 Å². The van der Waals surface area contributed by atoms with Crippen LogP contribution in [0.5, 0.6) is 0 Å². The van der Waals surface area contributed by atoms with E-state index in [9.17, 15) is 9.90 Å². The summed E-state index contributed by atoms with van der Waals surface area (Å²) in [5.74, 6) is -0.649. The lowest BCUT2D eigenvalue weighted by molar-refractivity contribution is -0.143. The Kier molecular flexibility index (Phi) is 1.42. The minimum atomic E-state index is -0.714. The van der Waals surface area contributed by atoms with Gasteiger partial charge in [0, 0.05) is 0 Å². The Morgan fingerprint density at radius 1 is 1.36 bits per heavy atom. The topological polar surface area (TPSA) is 57.5 Å². The van der Waals surface area contributed by atoms with Gasteiger partial charge in [0.25, 0.3) is 0 Å². The summed E-state index contributed by atoms with van der Waals surface area (Å²) in [6.07, 6.45) is 2.28. The van der Waals surface area contributed by atoms with Crippen molar-refractivity contribution in [3.8, 4) is 0 Å². The third-order valence-electron chi connectivity index (χ3n) is 3.16. The first-order valence-corrected chi connectivity index (χ1v) is 4.11. The zero-order valence-corrected chi connectivity index (χ0v) is 6.23. The van der Waals surface area contributed by atoms with Crippen molar-refractivity contribution in [1.29, 1.82) is 0 Å². The van der Waals surface area contributed by atoms with Gasteiger partial charge in [0.15, 0.2) is 0 Å². The molecule has 2 fully saturated rings. The summed E-state index contributed by atoms with van der Waals surface area (Å²) in [6.45, 7) is 0. The Balaban J connectivity index is 2.19. The fourth-order valence-corrected chi connectivity index (χ4v) is 2.68. The van der Waals surface area contributed by atoms with E-state index in [0.29, 0.717) is 6.42 Å². The predicted octanol–water partition coefficient (Wildman–Crippen LogP) is 0.478. The maximum Gasteiger partial charge on any atom is 0.307 e. The maximum absolute atomic E-state index is 10.7. The number of aliphatic carboxylic acids is 1. The number of hydrogen-bond acceptors (Lipinski definition) is 2. The molecular weight excluding hydrogens is 144 g/mol. The SMILES string of the molecule is O=C(O)[C@@H]1[C@H]2CC[C@@H]1[C@H](O)C2. The molecule has 0 unspecified atom stereocenters. The summed E-state index contributed by atoms with van der Waals surface area (Å²) in [6, 6.07) is 0. The van der Waals surface area contributed by atoms with E-state index in [-0.39, 0.29) is 23.9 Å². The molecule has 0 aliphatic heterocycles. The number of rotatable bonds is 1. The van der Waals surface area contributed by atoms with Crippen LogP contribution in [0, 0.1) is 17.8 Å². The van der Waals surface area contributed by atoms with Crippen LogP contribution < -0.4 is 0 Å². The number of carboxylic acids is 1. The third-order valence-corrected chi connectivity index (χ3v) is 3.16. The molecule has 0 aromatic heterocycles. The van der Waals surface area contributed by atoms with E-state index < -0.39 is 5.97 Å². The first-order valence-electron chi connectivity index (χ1n) is 4.11. The minimum Gasteiger partial charge on any atom is -0.481 e. The smallest absolute Gasteiger partial charge is 0.307 e. The van der Waals surface area contributed by atoms with Gasteiger partial charge in [0.2, 0.25) is 0 Å². The minimum absolute atomic E-state index is 0.0532. The van der Waals surface area contributed by atoms with Crippen LogP contribution in [0.25, 0.3) is 0 Å². The Bertz CT molecular complexity index is 190. The molecule has 2 bridgehead atoms. The zero-order valence-electron chi connectivity index (χ0n) is 6.23. The van der Waals surface area contributed by atoms with Crippen LogP contribution in [-0.4, -0.2) is 22.3 Å². The summed E-state index contributed by atoms with van der Waals surface area (Å²) in [7, 11) is 0. The highest BCUT2D eigenvalue weighted by Crippen LogP contribution is 2.49. The molecule has 0 amide bonds. The Morgan fingerprint density at radius 3 is 2.36 bits per heavy atom. The van der Waals surface area contributed by atoms with Gasteiger partial charge in [-0.1, -0.05) is 0 Å².